The molecule has 0 amide bonds. The highest BCUT2D eigenvalue weighted by atomic mass is 127. The predicted molar refractivity (Wildman–Crippen MR) is 128 cm³/mol. The Morgan fingerprint density at radius 2 is 1.79 bits per heavy atom. The van der Waals surface area contributed by atoms with Crippen LogP contribution in [0.1, 0.15) is 38.7 Å². The van der Waals surface area contributed by atoms with E-state index in [4.69, 9.17) is 0 Å². The zero-order chi connectivity index (χ0) is 19.9. The van der Waals surface area contributed by atoms with Crippen LogP contribution in [0.25, 0.3) is 0 Å². The summed E-state index contributed by atoms with van der Waals surface area (Å²) >= 11 is 0. The number of piperidine rings is 1. The molecule has 1 aromatic rings. The van der Waals surface area contributed by atoms with E-state index in [2.05, 4.69) is 39.1 Å². The molecule has 0 spiro atoms. The van der Waals surface area contributed by atoms with E-state index >= 15 is 0 Å². The number of halogens is 1. The summed E-state index contributed by atoms with van der Waals surface area (Å²) in [6, 6.07) is 7.35. The van der Waals surface area contributed by atoms with Crippen molar-refractivity contribution in [2.75, 3.05) is 37.7 Å². The molecule has 7 nitrogen and oxygen atoms in total. The summed E-state index contributed by atoms with van der Waals surface area (Å²) in [4.78, 5) is 6.82. The molecule has 1 aromatic carbocycles. The van der Waals surface area contributed by atoms with Crippen molar-refractivity contribution in [2.24, 2.45) is 4.99 Å². The van der Waals surface area contributed by atoms with Gasteiger partial charge in [-0.05, 0) is 51.4 Å². The topological polar surface area (TPSA) is 85.8 Å². The van der Waals surface area contributed by atoms with Crippen LogP contribution in [0.2, 0.25) is 0 Å². The molecule has 1 aliphatic heterocycles. The molecule has 2 rings (SSSR count). The van der Waals surface area contributed by atoms with Crippen molar-refractivity contribution in [3.63, 3.8) is 0 Å². The molecule has 0 saturated carbocycles. The van der Waals surface area contributed by atoms with Crippen LogP contribution in [0, 0.1) is 0 Å². The van der Waals surface area contributed by atoms with Gasteiger partial charge in [-0.25, -0.2) is 8.42 Å². The third-order valence-corrected chi connectivity index (χ3v) is 5.47. The molecular formula is C19H34IN5O2S. The minimum Gasteiger partial charge on any atom is -0.355 e. The van der Waals surface area contributed by atoms with E-state index in [1.165, 1.54) is 19.3 Å². The Labute approximate surface area is 186 Å². The fourth-order valence-electron chi connectivity index (χ4n) is 3.28. The van der Waals surface area contributed by atoms with E-state index in [1.807, 2.05) is 18.2 Å². The van der Waals surface area contributed by atoms with Crippen LogP contribution in [0.15, 0.2) is 29.3 Å². The van der Waals surface area contributed by atoms with Gasteiger partial charge in [0, 0.05) is 25.7 Å². The lowest BCUT2D eigenvalue weighted by Gasteiger charge is -2.41. The number of hydrogen-bond donors (Lipinski definition) is 3. The number of hydrogen-bond acceptors (Lipinski definition) is 4. The Morgan fingerprint density at radius 1 is 1.14 bits per heavy atom. The summed E-state index contributed by atoms with van der Waals surface area (Å²) in [6.45, 7) is 8.06. The van der Waals surface area contributed by atoms with Crippen LogP contribution in [0.3, 0.4) is 0 Å². The molecule has 28 heavy (non-hydrogen) atoms. The summed E-state index contributed by atoms with van der Waals surface area (Å²) in [7, 11) is -1.58. The largest absolute Gasteiger partial charge is 0.355 e. The average molecular weight is 523 g/mol. The fraction of sp³-hybridized carbons (Fsp3) is 0.632. The first-order chi connectivity index (χ1) is 12.7. The molecule has 0 atom stereocenters. The molecule has 1 aliphatic rings. The van der Waals surface area contributed by atoms with Crippen LogP contribution in [-0.4, -0.2) is 57.8 Å². The van der Waals surface area contributed by atoms with Gasteiger partial charge in [0.15, 0.2) is 5.96 Å². The van der Waals surface area contributed by atoms with Gasteiger partial charge in [0.25, 0.3) is 0 Å². The number of likely N-dealkylation sites (tertiary alicyclic amines) is 1. The number of para-hydroxylation sites is 1. The summed E-state index contributed by atoms with van der Waals surface area (Å²) < 4.78 is 25.6. The monoisotopic (exact) mass is 523 g/mol. The van der Waals surface area contributed by atoms with Crippen molar-refractivity contribution < 1.29 is 8.42 Å². The number of guanidine groups is 1. The average Bonchev–Trinajstić information content (AvgIpc) is 2.62. The molecule has 9 heteroatoms. The van der Waals surface area contributed by atoms with Gasteiger partial charge in [0.1, 0.15) is 0 Å². The van der Waals surface area contributed by atoms with E-state index in [0.717, 1.165) is 31.5 Å². The summed E-state index contributed by atoms with van der Waals surface area (Å²) in [6.07, 6.45) is 5.01. The quantitative estimate of drug-likeness (QED) is 0.291. The lowest BCUT2D eigenvalue weighted by molar-refractivity contribution is 0.0982. The van der Waals surface area contributed by atoms with Crippen molar-refractivity contribution in [3.05, 3.63) is 29.8 Å². The normalized spacial score (nSPS) is 16.2. The van der Waals surface area contributed by atoms with Crippen LogP contribution < -0.4 is 15.4 Å². The lowest BCUT2D eigenvalue weighted by atomic mass is 9.98. The highest BCUT2D eigenvalue weighted by Gasteiger charge is 2.27. The van der Waals surface area contributed by atoms with Gasteiger partial charge in [-0.3, -0.25) is 14.6 Å². The molecule has 1 saturated heterocycles. The number of sulfonamides is 1. The second-order valence-electron chi connectivity index (χ2n) is 7.67. The Morgan fingerprint density at radius 3 is 2.39 bits per heavy atom. The molecular weight excluding hydrogens is 489 g/mol. The highest BCUT2D eigenvalue weighted by molar-refractivity contribution is 14.0. The molecule has 1 heterocycles. The molecule has 0 aliphatic carbocycles. The molecule has 3 N–H and O–H groups in total. The summed E-state index contributed by atoms with van der Waals surface area (Å²) in [5.74, 6) is 0.703. The van der Waals surface area contributed by atoms with Gasteiger partial charge in [0.2, 0.25) is 10.0 Å². The molecule has 0 bridgehead atoms. The zero-order valence-corrected chi connectivity index (χ0v) is 20.4. The van der Waals surface area contributed by atoms with Gasteiger partial charge in [0.05, 0.1) is 11.9 Å². The van der Waals surface area contributed by atoms with Gasteiger partial charge in [-0.2, -0.15) is 0 Å². The third-order valence-electron chi connectivity index (χ3n) is 4.88. The van der Waals surface area contributed by atoms with Gasteiger partial charge < -0.3 is 10.6 Å². The number of nitrogens with one attached hydrogen (secondary N) is 3. The first kappa shape index (κ1) is 25.0. The number of nitrogens with zero attached hydrogens (tertiary/aromatic N) is 2. The van der Waals surface area contributed by atoms with E-state index in [9.17, 15) is 8.42 Å². The number of benzene rings is 1. The molecule has 0 aromatic heterocycles. The Balaban J connectivity index is 0.00000392. The molecule has 0 unspecified atom stereocenters. The van der Waals surface area contributed by atoms with Crippen LogP contribution in [0.5, 0.6) is 0 Å². The molecule has 160 valence electrons. The Bertz CT molecular complexity index is 746. The summed E-state index contributed by atoms with van der Waals surface area (Å²) in [5, 5.41) is 6.68. The highest BCUT2D eigenvalue weighted by Crippen LogP contribution is 2.20. The number of rotatable bonds is 7. The fourth-order valence-corrected chi connectivity index (χ4v) is 3.88. The first-order valence-electron chi connectivity index (χ1n) is 9.46. The molecule has 1 fully saturated rings. The SMILES string of the molecule is CN=C(NCc1ccccc1NS(C)(=O)=O)NCC(C)(C)N1CCCCC1.I. The zero-order valence-electron chi connectivity index (χ0n) is 17.3. The van der Waals surface area contributed by atoms with Crippen molar-refractivity contribution >= 4 is 45.6 Å². The van der Waals surface area contributed by atoms with Crippen molar-refractivity contribution in [1.82, 2.24) is 15.5 Å². The maximum absolute atomic E-state index is 11.5. The van der Waals surface area contributed by atoms with Crippen molar-refractivity contribution in [1.29, 1.82) is 0 Å². The lowest BCUT2D eigenvalue weighted by Crippen LogP contribution is -2.54. The smallest absolute Gasteiger partial charge is 0.229 e. The van der Waals surface area contributed by atoms with Crippen LogP contribution >= 0.6 is 24.0 Å². The molecule has 0 radical (unpaired) electrons. The Hall–Kier alpha value is -1.07. The Kier molecular flexibility index (Phi) is 9.99. The van der Waals surface area contributed by atoms with Crippen LogP contribution in [-0.2, 0) is 16.6 Å². The van der Waals surface area contributed by atoms with E-state index in [0.29, 0.717) is 18.2 Å². The van der Waals surface area contributed by atoms with Crippen LogP contribution in [0.4, 0.5) is 5.69 Å². The first-order valence-corrected chi connectivity index (χ1v) is 11.4. The minimum absolute atomic E-state index is 0. The predicted octanol–water partition coefficient (Wildman–Crippen LogP) is 2.61. The van der Waals surface area contributed by atoms with E-state index in [1.54, 1.807) is 13.1 Å². The minimum atomic E-state index is -3.32. The van der Waals surface area contributed by atoms with E-state index < -0.39 is 10.0 Å². The maximum atomic E-state index is 11.5. The second-order valence-corrected chi connectivity index (χ2v) is 9.42. The van der Waals surface area contributed by atoms with Gasteiger partial charge >= 0.3 is 0 Å². The van der Waals surface area contributed by atoms with E-state index in [-0.39, 0.29) is 29.5 Å². The number of anilines is 1. The standard InChI is InChI=1S/C19H33N5O2S.HI/c1-19(2,24-12-8-5-9-13-24)15-22-18(20-3)21-14-16-10-6-7-11-17(16)23-27(4,25)26;/h6-7,10-11,23H,5,8-9,12-15H2,1-4H3,(H2,20,21,22);1H. The maximum Gasteiger partial charge on any atom is 0.229 e. The summed E-state index contributed by atoms with van der Waals surface area (Å²) in [5.41, 5.74) is 1.49. The third kappa shape index (κ3) is 8.12. The van der Waals surface area contributed by atoms with Gasteiger partial charge in [-0.1, -0.05) is 24.6 Å². The van der Waals surface area contributed by atoms with Crippen molar-refractivity contribution in [3.8, 4) is 0 Å². The second kappa shape index (κ2) is 11.2. The number of aliphatic imine (C=N–C) groups is 1. The van der Waals surface area contributed by atoms with Gasteiger partial charge in [-0.15, -0.1) is 24.0 Å². The van der Waals surface area contributed by atoms with Crippen molar-refractivity contribution in [2.45, 2.75) is 45.2 Å².